The van der Waals surface area contributed by atoms with Crippen LogP contribution in [-0.4, -0.2) is 30.4 Å². The van der Waals surface area contributed by atoms with Gasteiger partial charge in [-0.1, -0.05) is 22.0 Å². The number of nitro groups is 1. The summed E-state index contributed by atoms with van der Waals surface area (Å²) < 4.78 is 48.2. The van der Waals surface area contributed by atoms with E-state index < -0.39 is 34.3 Å². The number of ether oxygens (including phenoxy) is 1. The number of aromatic nitrogens is 4. The van der Waals surface area contributed by atoms with Crippen molar-refractivity contribution < 1.29 is 27.6 Å². The smallest absolute Gasteiger partial charge is 0.433 e. The predicted molar refractivity (Wildman–Crippen MR) is 134 cm³/mol. The zero-order chi connectivity index (χ0) is 27.0. The van der Waals surface area contributed by atoms with Crippen LogP contribution in [0.5, 0.6) is 11.5 Å². The van der Waals surface area contributed by atoms with Crippen LogP contribution >= 0.6 is 27.3 Å². The number of hydrogen-bond donors (Lipinski definition) is 1. The first kappa shape index (κ1) is 25.3. The lowest BCUT2D eigenvalue weighted by atomic mass is 10.2. The molecule has 5 rings (SSSR count). The highest BCUT2D eigenvalue weighted by atomic mass is 79.9. The molecule has 1 N–H and O–H groups in total. The van der Waals surface area contributed by atoms with Gasteiger partial charge in [0.15, 0.2) is 5.69 Å². The van der Waals surface area contributed by atoms with Crippen LogP contribution in [0.3, 0.4) is 0 Å². The number of rotatable bonds is 6. The van der Waals surface area contributed by atoms with Gasteiger partial charge in [0.2, 0.25) is 5.82 Å². The van der Waals surface area contributed by atoms with Crippen LogP contribution in [-0.2, 0) is 6.18 Å². The number of carbonyl (C=O) groups is 1. The molecule has 38 heavy (non-hydrogen) atoms. The van der Waals surface area contributed by atoms with Crippen molar-refractivity contribution in [2.24, 2.45) is 0 Å². The fraction of sp³-hybridized carbons (Fsp3) is 0.0435. The molecule has 0 radical (unpaired) electrons. The zero-order valence-corrected chi connectivity index (χ0v) is 21.0. The number of alkyl halides is 3. The van der Waals surface area contributed by atoms with Crippen molar-refractivity contribution >= 4 is 50.3 Å². The molecular weight excluding hydrogens is 593 g/mol. The number of amides is 1. The van der Waals surface area contributed by atoms with Gasteiger partial charge < -0.3 is 10.1 Å². The highest BCUT2D eigenvalue weighted by Crippen LogP contribution is 2.34. The van der Waals surface area contributed by atoms with Crippen LogP contribution in [0.4, 0.5) is 24.5 Å². The van der Waals surface area contributed by atoms with E-state index in [0.29, 0.717) is 15.1 Å². The van der Waals surface area contributed by atoms with E-state index in [1.54, 1.807) is 41.8 Å². The standard InChI is InChI=1S/C23H12BrF3N6O4S/c24-12-3-5-15(6-4-12)37-16-9-13(8-14(10-16)33(35)36)28-21(34)20-30-22-29-17(18-2-1-7-38-18)11-19(23(25,26)27)32(22)31-20/h1-11H,(H,28,34). The van der Waals surface area contributed by atoms with Crippen molar-refractivity contribution in [3.05, 3.63) is 92.1 Å². The maximum absolute atomic E-state index is 13.8. The second-order valence-electron chi connectivity index (χ2n) is 7.63. The minimum Gasteiger partial charge on any atom is -0.457 e. The van der Waals surface area contributed by atoms with E-state index in [-0.39, 0.29) is 22.8 Å². The topological polar surface area (TPSA) is 125 Å². The summed E-state index contributed by atoms with van der Waals surface area (Å²) in [5, 5.41) is 19.2. The normalized spacial score (nSPS) is 11.5. The molecular formula is C23H12BrF3N6O4S. The summed E-state index contributed by atoms with van der Waals surface area (Å²) in [5.74, 6) is -1.64. The Hall–Kier alpha value is -4.37. The third-order valence-electron chi connectivity index (χ3n) is 4.99. The molecule has 0 aliphatic heterocycles. The number of nitrogens with one attached hydrogen (secondary N) is 1. The number of anilines is 1. The second-order valence-corrected chi connectivity index (χ2v) is 9.50. The van der Waals surface area contributed by atoms with Crippen molar-refractivity contribution in [1.82, 2.24) is 19.6 Å². The average molecular weight is 605 g/mol. The maximum Gasteiger partial charge on any atom is 0.433 e. The number of carbonyl (C=O) groups excluding carboxylic acids is 1. The molecule has 0 fully saturated rings. The van der Waals surface area contributed by atoms with Gasteiger partial charge in [-0.25, -0.2) is 4.98 Å². The maximum atomic E-state index is 13.8. The van der Waals surface area contributed by atoms with E-state index in [0.717, 1.165) is 22.7 Å². The zero-order valence-electron chi connectivity index (χ0n) is 18.6. The Balaban J connectivity index is 1.48. The van der Waals surface area contributed by atoms with Gasteiger partial charge in [0.25, 0.3) is 17.4 Å². The molecule has 3 heterocycles. The summed E-state index contributed by atoms with van der Waals surface area (Å²) in [7, 11) is 0. The summed E-state index contributed by atoms with van der Waals surface area (Å²) in [4.78, 5) is 32.1. The van der Waals surface area contributed by atoms with Gasteiger partial charge in [-0.2, -0.15) is 22.7 Å². The van der Waals surface area contributed by atoms with Crippen LogP contribution in [0, 0.1) is 10.1 Å². The fourth-order valence-corrected chi connectivity index (χ4v) is 4.31. The lowest BCUT2D eigenvalue weighted by molar-refractivity contribution is -0.384. The molecule has 5 aromatic rings. The summed E-state index contributed by atoms with van der Waals surface area (Å²) in [5.41, 5.74) is -1.59. The van der Waals surface area contributed by atoms with Crippen LogP contribution < -0.4 is 10.1 Å². The van der Waals surface area contributed by atoms with E-state index in [1.807, 2.05) is 0 Å². The van der Waals surface area contributed by atoms with Gasteiger partial charge in [-0.15, -0.1) is 16.4 Å². The van der Waals surface area contributed by atoms with E-state index in [2.05, 4.69) is 36.3 Å². The first-order chi connectivity index (χ1) is 18.1. The summed E-state index contributed by atoms with van der Waals surface area (Å²) in [6.07, 6.45) is -4.81. The van der Waals surface area contributed by atoms with Gasteiger partial charge >= 0.3 is 6.18 Å². The van der Waals surface area contributed by atoms with Crippen molar-refractivity contribution in [1.29, 1.82) is 0 Å². The first-order valence-electron chi connectivity index (χ1n) is 10.5. The molecule has 2 aromatic carbocycles. The van der Waals surface area contributed by atoms with E-state index in [9.17, 15) is 28.1 Å². The van der Waals surface area contributed by atoms with Crippen molar-refractivity contribution in [2.45, 2.75) is 6.18 Å². The van der Waals surface area contributed by atoms with Crippen molar-refractivity contribution in [3.63, 3.8) is 0 Å². The lowest BCUT2D eigenvalue weighted by Gasteiger charge is -2.09. The molecule has 10 nitrogen and oxygen atoms in total. The van der Waals surface area contributed by atoms with Crippen LogP contribution in [0.15, 0.2) is 70.5 Å². The number of nitrogens with zero attached hydrogens (tertiary/aromatic N) is 5. The Labute approximate surface area is 223 Å². The monoisotopic (exact) mass is 604 g/mol. The number of fused-ring (bicyclic) bond motifs is 1. The average Bonchev–Trinajstić information content (AvgIpc) is 3.54. The van der Waals surface area contributed by atoms with Gasteiger partial charge in [0.05, 0.1) is 27.2 Å². The predicted octanol–water partition coefficient (Wildman–Crippen LogP) is 6.59. The molecule has 1 amide bonds. The second kappa shape index (κ2) is 9.83. The third kappa shape index (κ3) is 5.33. The minimum absolute atomic E-state index is 0.0209. The molecule has 0 saturated heterocycles. The van der Waals surface area contributed by atoms with E-state index in [1.165, 1.54) is 17.4 Å². The molecule has 0 saturated carbocycles. The highest BCUT2D eigenvalue weighted by Gasteiger charge is 2.36. The lowest BCUT2D eigenvalue weighted by Crippen LogP contribution is -2.16. The van der Waals surface area contributed by atoms with Gasteiger partial charge in [-0.3, -0.25) is 14.9 Å². The molecule has 0 atom stereocenters. The van der Waals surface area contributed by atoms with Gasteiger partial charge in [0.1, 0.15) is 11.5 Å². The molecule has 15 heteroatoms. The first-order valence-corrected chi connectivity index (χ1v) is 12.2. The van der Waals surface area contributed by atoms with Crippen LogP contribution in [0.1, 0.15) is 16.3 Å². The molecule has 0 aliphatic rings. The highest BCUT2D eigenvalue weighted by molar-refractivity contribution is 9.10. The molecule has 0 aliphatic carbocycles. The summed E-state index contributed by atoms with van der Waals surface area (Å²) in [6, 6.07) is 14.3. The Morgan fingerprint density at radius 1 is 1.08 bits per heavy atom. The number of hydrogen-bond acceptors (Lipinski definition) is 8. The summed E-state index contributed by atoms with van der Waals surface area (Å²) in [6.45, 7) is 0. The molecule has 0 spiro atoms. The molecule has 3 aromatic heterocycles. The molecule has 0 bridgehead atoms. The SMILES string of the molecule is O=C(Nc1cc(Oc2ccc(Br)cc2)cc([N+](=O)[O-])c1)c1nc2nc(-c3cccs3)cc(C(F)(F)F)n2n1. The molecule has 0 unspecified atom stereocenters. The summed E-state index contributed by atoms with van der Waals surface area (Å²) >= 11 is 4.48. The Morgan fingerprint density at radius 2 is 1.84 bits per heavy atom. The quantitative estimate of drug-likeness (QED) is 0.171. The number of halogens is 4. The number of nitro benzene ring substituents is 1. The number of benzene rings is 2. The van der Waals surface area contributed by atoms with Crippen molar-refractivity contribution in [2.75, 3.05) is 5.32 Å². The van der Waals surface area contributed by atoms with Crippen LogP contribution in [0.25, 0.3) is 16.3 Å². The molecule has 192 valence electrons. The Kier molecular flexibility index (Phi) is 6.54. The number of non-ortho nitro benzene ring substituents is 1. The number of thiophene rings is 1. The third-order valence-corrected chi connectivity index (χ3v) is 6.41. The van der Waals surface area contributed by atoms with Gasteiger partial charge in [0, 0.05) is 16.6 Å². The van der Waals surface area contributed by atoms with Crippen LogP contribution in [0.2, 0.25) is 0 Å². The van der Waals surface area contributed by atoms with E-state index >= 15 is 0 Å². The fourth-order valence-electron chi connectivity index (χ4n) is 3.36. The van der Waals surface area contributed by atoms with Gasteiger partial charge in [-0.05, 0) is 41.8 Å². The Bertz CT molecular complexity index is 1670. The van der Waals surface area contributed by atoms with E-state index in [4.69, 9.17) is 4.74 Å². The van der Waals surface area contributed by atoms with Crippen molar-refractivity contribution in [3.8, 4) is 22.1 Å². The Morgan fingerprint density at radius 3 is 2.50 bits per heavy atom. The minimum atomic E-state index is -4.81. The largest absolute Gasteiger partial charge is 0.457 e.